The zero-order chi connectivity index (χ0) is 10.1. The van der Waals surface area contributed by atoms with E-state index >= 15 is 0 Å². The molecule has 1 aromatic heterocycles. The molecule has 0 amide bonds. The molecule has 0 aliphatic heterocycles. The zero-order valence-corrected chi connectivity index (χ0v) is 12.7. The van der Waals surface area contributed by atoms with Gasteiger partial charge in [-0.1, -0.05) is 50.1 Å². The van der Waals surface area contributed by atoms with Gasteiger partial charge in [-0.05, 0) is 22.0 Å². The van der Waals surface area contributed by atoms with Gasteiger partial charge in [-0.3, -0.25) is 0 Å². The van der Waals surface area contributed by atoms with Crippen molar-refractivity contribution in [3.8, 4) is 0 Å². The molecule has 1 heterocycles. The Morgan fingerprint density at radius 2 is 2.00 bits per heavy atom. The van der Waals surface area contributed by atoms with Crippen LogP contribution in [-0.2, 0) is 0 Å². The third kappa shape index (κ3) is 1.94. The van der Waals surface area contributed by atoms with E-state index in [0.717, 1.165) is 5.33 Å². The predicted molar refractivity (Wildman–Crippen MR) is 75.0 cm³/mol. The Morgan fingerprint density at radius 1 is 1.29 bits per heavy atom. The molecule has 1 unspecified atom stereocenters. The van der Waals surface area contributed by atoms with E-state index in [1.807, 2.05) is 11.3 Å². The van der Waals surface area contributed by atoms with Crippen LogP contribution < -0.4 is 0 Å². The lowest BCUT2D eigenvalue weighted by molar-refractivity contribution is 1.19. The van der Waals surface area contributed by atoms with Crippen LogP contribution in [0.25, 0.3) is 10.1 Å². The Hall–Kier alpha value is 0.620. The van der Waals surface area contributed by atoms with Gasteiger partial charge >= 0.3 is 0 Å². The topological polar surface area (TPSA) is 0 Å². The van der Waals surface area contributed by atoms with Gasteiger partial charge in [-0.15, -0.1) is 11.3 Å². The molecule has 0 saturated carbocycles. The molecule has 0 radical (unpaired) electrons. The van der Waals surface area contributed by atoms with Crippen LogP contribution in [0, 0.1) is 0 Å². The van der Waals surface area contributed by atoms with E-state index in [1.165, 1.54) is 19.4 Å². The van der Waals surface area contributed by atoms with Crippen LogP contribution in [0.2, 0.25) is 0 Å². The fourth-order valence-corrected chi connectivity index (χ4v) is 4.73. The Kier molecular flexibility index (Phi) is 3.68. The average molecular weight is 399 g/mol. The number of benzene rings is 1. The van der Waals surface area contributed by atoms with E-state index in [9.17, 15) is 0 Å². The molecule has 74 valence electrons. The predicted octanol–water partition coefficient (Wildman–Crippen LogP) is 5.49. The largest absolute Gasteiger partial charge is 0.138 e. The van der Waals surface area contributed by atoms with Crippen LogP contribution in [0.3, 0.4) is 0 Å². The summed E-state index contributed by atoms with van der Waals surface area (Å²) in [6.45, 7) is 0. The molecule has 1 atom stereocenters. The van der Waals surface area contributed by atoms with Crippen molar-refractivity contribution in [2.45, 2.75) is 4.83 Å². The second kappa shape index (κ2) is 4.64. The lowest BCUT2D eigenvalue weighted by atomic mass is 10.2. The Morgan fingerprint density at radius 3 is 2.64 bits per heavy atom. The SMILES string of the molecule is BrCC(Br)c1sc2ccccc2c1Br. The van der Waals surface area contributed by atoms with E-state index in [1.54, 1.807) is 0 Å². The minimum atomic E-state index is 0.384. The zero-order valence-electron chi connectivity index (χ0n) is 7.14. The van der Waals surface area contributed by atoms with Crippen LogP contribution in [-0.4, -0.2) is 5.33 Å². The van der Waals surface area contributed by atoms with Gasteiger partial charge in [0.25, 0.3) is 0 Å². The molecule has 4 heteroatoms. The third-order valence-electron chi connectivity index (χ3n) is 1.98. The molecule has 2 aromatic rings. The molecular weight excluding hydrogens is 392 g/mol. The van der Waals surface area contributed by atoms with Gasteiger partial charge in [0, 0.05) is 24.8 Å². The minimum Gasteiger partial charge on any atom is -0.138 e. The fourth-order valence-electron chi connectivity index (χ4n) is 1.30. The quantitative estimate of drug-likeness (QED) is 0.586. The summed E-state index contributed by atoms with van der Waals surface area (Å²) in [4.78, 5) is 1.73. The van der Waals surface area contributed by atoms with Gasteiger partial charge in [-0.2, -0.15) is 0 Å². The molecule has 0 saturated heterocycles. The molecular formula is C10H7Br3S. The maximum Gasteiger partial charge on any atom is 0.0597 e. The lowest BCUT2D eigenvalue weighted by Crippen LogP contribution is -1.86. The standard InChI is InChI=1S/C10H7Br3S/c11-5-7(12)10-9(13)6-3-1-2-4-8(6)14-10/h1-4,7H,5H2. The maximum absolute atomic E-state index is 3.65. The first kappa shape index (κ1) is 11.1. The third-order valence-corrected chi connectivity index (χ3v) is 6.98. The molecule has 0 nitrogen and oxygen atoms in total. The van der Waals surface area contributed by atoms with Crippen LogP contribution in [0.4, 0.5) is 0 Å². The Labute approximate surface area is 112 Å². The van der Waals surface area contributed by atoms with Crippen molar-refractivity contribution >= 4 is 69.2 Å². The highest BCUT2D eigenvalue weighted by atomic mass is 79.9. The van der Waals surface area contributed by atoms with Gasteiger partial charge in [0.1, 0.15) is 0 Å². The summed E-state index contributed by atoms with van der Waals surface area (Å²) in [5.74, 6) is 0. The van der Waals surface area contributed by atoms with Crippen molar-refractivity contribution < 1.29 is 0 Å². The second-order valence-electron chi connectivity index (χ2n) is 2.90. The molecule has 0 N–H and O–H groups in total. The summed E-state index contributed by atoms with van der Waals surface area (Å²) in [7, 11) is 0. The number of thiophene rings is 1. The van der Waals surface area contributed by atoms with Crippen LogP contribution in [0.5, 0.6) is 0 Å². The van der Waals surface area contributed by atoms with Gasteiger partial charge < -0.3 is 0 Å². The Balaban J connectivity index is 2.62. The van der Waals surface area contributed by atoms with E-state index in [4.69, 9.17) is 0 Å². The smallest absolute Gasteiger partial charge is 0.0597 e. The van der Waals surface area contributed by atoms with Crippen molar-refractivity contribution in [1.82, 2.24) is 0 Å². The van der Waals surface area contributed by atoms with Gasteiger partial charge in [0.2, 0.25) is 0 Å². The van der Waals surface area contributed by atoms with Crippen LogP contribution in [0.15, 0.2) is 28.7 Å². The molecule has 2 rings (SSSR count). The number of rotatable bonds is 2. The van der Waals surface area contributed by atoms with E-state index < -0.39 is 0 Å². The summed E-state index contributed by atoms with van der Waals surface area (Å²) in [6.07, 6.45) is 0. The molecule has 0 fully saturated rings. The summed E-state index contributed by atoms with van der Waals surface area (Å²) in [6, 6.07) is 8.45. The van der Waals surface area contributed by atoms with Gasteiger partial charge in [0.05, 0.1) is 4.83 Å². The minimum absolute atomic E-state index is 0.384. The van der Waals surface area contributed by atoms with Crippen molar-refractivity contribution in [2.75, 3.05) is 5.33 Å². The highest BCUT2D eigenvalue weighted by Gasteiger charge is 2.15. The summed E-state index contributed by atoms with van der Waals surface area (Å²) < 4.78 is 2.55. The summed E-state index contributed by atoms with van der Waals surface area (Å²) in [5.41, 5.74) is 0. The van der Waals surface area contributed by atoms with Gasteiger partial charge in [0.15, 0.2) is 0 Å². The van der Waals surface area contributed by atoms with E-state index in [0.29, 0.717) is 4.83 Å². The lowest BCUT2D eigenvalue weighted by Gasteiger charge is -2.02. The summed E-state index contributed by atoms with van der Waals surface area (Å²) >= 11 is 12.6. The molecule has 0 spiro atoms. The number of halogens is 3. The van der Waals surface area contributed by atoms with Crippen molar-refractivity contribution in [3.63, 3.8) is 0 Å². The summed E-state index contributed by atoms with van der Waals surface area (Å²) in [5, 5.41) is 2.23. The monoisotopic (exact) mass is 396 g/mol. The van der Waals surface area contributed by atoms with Crippen molar-refractivity contribution in [3.05, 3.63) is 33.6 Å². The molecule has 0 aliphatic carbocycles. The van der Waals surface area contributed by atoms with E-state index in [2.05, 4.69) is 72.1 Å². The second-order valence-corrected chi connectivity index (χ2v) is 6.53. The maximum atomic E-state index is 3.65. The Bertz CT molecular complexity index is 450. The number of hydrogen-bond acceptors (Lipinski definition) is 1. The number of fused-ring (bicyclic) bond motifs is 1. The first-order chi connectivity index (χ1) is 6.74. The van der Waals surface area contributed by atoms with Crippen molar-refractivity contribution in [1.29, 1.82) is 0 Å². The fraction of sp³-hybridized carbons (Fsp3) is 0.200. The molecule has 0 aliphatic rings. The first-order valence-corrected chi connectivity index (χ1v) is 7.75. The first-order valence-electron chi connectivity index (χ1n) is 4.11. The van der Waals surface area contributed by atoms with E-state index in [-0.39, 0.29) is 0 Å². The molecule has 1 aromatic carbocycles. The number of hydrogen-bond donors (Lipinski definition) is 0. The van der Waals surface area contributed by atoms with Crippen LogP contribution in [0.1, 0.15) is 9.70 Å². The highest BCUT2D eigenvalue weighted by Crippen LogP contribution is 2.42. The van der Waals surface area contributed by atoms with Gasteiger partial charge in [-0.25, -0.2) is 0 Å². The van der Waals surface area contributed by atoms with Crippen LogP contribution >= 0.6 is 59.1 Å². The number of alkyl halides is 2. The molecule has 14 heavy (non-hydrogen) atoms. The average Bonchev–Trinajstić information content (AvgIpc) is 2.56. The highest BCUT2D eigenvalue weighted by molar-refractivity contribution is 9.12. The normalized spacial score (nSPS) is 13.4. The molecule has 0 bridgehead atoms. The van der Waals surface area contributed by atoms with Crippen molar-refractivity contribution in [2.24, 2.45) is 0 Å².